The maximum atomic E-state index is 7.32. The van der Waals surface area contributed by atoms with Crippen molar-refractivity contribution in [1.29, 1.82) is 5.26 Å². The number of hydrogen-bond acceptors (Lipinski definition) is 1. The van der Waals surface area contributed by atoms with Gasteiger partial charge in [0.2, 0.25) is 0 Å². The van der Waals surface area contributed by atoms with Crippen molar-refractivity contribution in [3.8, 4) is 6.07 Å². The highest BCUT2D eigenvalue weighted by atomic mass is 15.3. The molecule has 0 saturated carbocycles. The molecule has 0 heterocycles. The molecule has 1 aromatic carbocycles. The summed E-state index contributed by atoms with van der Waals surface area (Å²) in [7, 11) is 6.49. The van der Waals surface area contributed by atoms with Crippen LogP contribution in [0.4, 0.5) is 5.69 Å². The Hall–Kier alpha value is -1.33. The topological polar surface area (TPSA) is 23.8 Å². The highest BCUT2D eigenvalue weighted by Gasteiger charge is 2.08. The molecule has 70 valence electrons. The van der Waals surface area contributed by atoms with E-state index in [2.05, 4.69) is 45.4 Å². The third-order valence-corrected chi connectivity index (χ3v) is 1.53. The molecule has 0 spiro atoms. The lowest BCUT2D eigenvalue weighted by atomic mass is 10.3. The molecule has 13 heavy (non-hydrogen) atoms. The zero-order valence-corrected chi connectivity index (χ0v) is 8.78. The van der Waals surface area contributed by atoms with Gasteiger partial charge in [0.05, 0.1) is 27.2 Å². The first-order valence-electron chi connectivity index (χ1n) is 4.20. The number of benzene rings is 1. The summed E-state index contributed by atoms with van der Waals surface area (Å²) in [5.41, 5.74) is 1.34. The molecule has 0 aliphatic heterocycles. The SMILES string of the molecule is CC#N.C[N+](C)(C)c1ccccc1. The fraction of sp³-hybridized carbons (Fsp3) is 0.364. The number of para-hydroxylation sites is 1. The van der Waals surface area contributed by atoms with E-state index < -0.39 is 0 Å². The maximum absolute atomic E-state index is 7.32. The third-order valence-electron chi connectivity index (χ3n) is 1.53. The molecule has 0 amide bonds. The van der Waals surface area contributed by atoms with E-state index in [0.29, 0.717) is 0 Å². The van der Waals surface area contributed by atoms with Gasteiger partial charge in [-0.1, -0.05) is 18.2 Å². The summed E-state index contributed by atoms with van der Waals surface area (Å²) in [4.78, 5) is 0. The van der Waals surface area contributed by atoms with Crippen LogP contribution in [0, 0.1) is 11.3 Å². The monoisotopic (exact) mass is 177 g/mol. The number of nitrogens with zero attached hydrogens (tertiary/aromatic N) is 2. The highest BCUT2D eigenvalue weighted by molar-refractivity contribution is 5.40. The van der Waals surface area contributed by atoms with Gasteiger partial charge in [-0.2, -0.15) is 5.26 Å². The van der Waals surface area contributed by atoms with Gasteiger partial charge in [-0.3, -0.25) is 4.48 Å². The molecule has 0 atom stereocenters. The summed E-state index contributed by atoms with van der Waals surface area (Å²) in [5.74, 6) is 0. The van der Waals surface area contributed by atoms with Crippen LogP contribution in [0.2, 0.25) is 0 Å². The largest absolute Gasteiger partial charge is 0.298 e. The second kappa shape index (κ2) is 5.34. The van der Waals surface area contributed by atoms with Crippen molar-refractivity contribution in [3.63, 3.8) is 0 Å². The summed E-state index contributed by atoms with van der Waals surface area (Å²) < 4.78 is 0.890. The minimum absolute atomic E-state index is 0.890. The van der Waals surface area contributed by atoms with Gasteiger partial charge >= 0.3 is 0 Å². The van der Waals surface area contributed by atoms with E-state index in [4.69, 9.17) is 5.26 Å². The van der Waals surface area contributed by atoms with E-state index in [1.54, 1.807) is 6.07 Å². The molecule has 2 heteroatoms. The Labute approximate surface area is 80.6 Å². The van der Waals surface area contributed by atoms with Gasteiger partial charge in [-0.25, -0.2) is 0 Å². The quantitative estimate of drug-likeness (QED) is 0.604. The average Bonchev–Trinajstić information content (AvgIpc) is 2.06. The van der Waals surface area contributed by atoms with Crippen molar-refractivity contribution < 1.29 is 0 Å². The number of nitriles is 1. The summed E-state index contributed by atoms with van der Waals surface area (Å²) in [5, 5.41) is 7.32. The first-order chi connectivity index (χ1) is 6.02. The fourth-order valence-electron chi connectivity index (χ4n) is 0.875. The van der Waals surface area contributed by atoms with Gasteiger partial charge in [-0.05, 0) is 12.1 Å². The summed E-state index contributed by atoms with van der Waals surface area (Å²) in [6.45, 7) is 1.43. The molecule has 0 saturated heterocycles. The lowest BCUT2D eigenvalue weighted by molar-refractivity contribution is 0.486. The highest BCUT2D eigenvalue weighted by Crippen LogP contribution is 2.14. The van der Waals surface area contributed by atoms with Crippen LogP contribution in [0.25, 0.3) is 0 Å². The average molecular weight is 177 g/mol. The molecule has 0 unspecified atom stereocenters. The summed E-state index contributed by atoms with van der Waals surface area (Å²) in [6, 6.07) is 12.2. The van der Waals surface area contributed by atoms with Crippen molar-refractivity contribution in [3.05, 3.63) is 30.3 Å². The smallest absolute Gasteiger partial charge is 0.132 e. The van der Waals surface area contributed by atoms with Crippen molar-refractivity contribution in [1.82, 2.24) is 4.48 Å². The van der Waals surface area contributed by atoms with Crippen molar-refractivity contribution in [2.24, 2.45) is 0 Å². The minimum atomic E-state index is 0.890. The fourth-order valence-corrected chi connectivity index (χ4v) is 0.875. The minimum Gasteiger partial charge on any atom is -0.298 e. The first-order valence-corrected chi connectivity index (χ1v) is 4.20. The standard InChI is InChI=1S/C9H14N.C2H3N/c1-10(2,3)9-7-5-4-6-8-9;1-2-3/h4-8H,1-3H3;1H3/q+1;. The number of rotatable bonds is 1. The van der Waals surface area contributed by atoms with Crippen molar-refractivity contribution in [2.75, 3.05) is 21.1 Å². The Morgan fingerprint density at radius 1 is 1.08 bits per heavy atom. The molecule has 1 rings (SSSR count). The Balaban J connectivity index is 0.000000424. The molecule has 0 bridgehead atoms. The molecular weight excluding hydrogens is 160 g/mol. The predicted octanol–water partition coefficient (Wildman–Crippen LogP) is 2.41. The number of quaternary nitrogens is 1. The van der Waals surface area contributed by atoms with Crippen LogP contribution in [-0.2, 0) is 0 Å². The van der Waals surface area contributed by atoms with Crippen molar-refractivity contribution in [2.45, 2.75) is 6.92 Å². The van der Waals surface area contributed by atoms with E-state index in [1.165, 1.54) is 12.6 Å². The lowest BCUT2D eigenvalue weighted by Crippen LogP contribution is -2.34. The lowest BCUT2D eigenvalue weighted by Gasteiger charge is -2.22. The summed E-state index contributed by atoms with van der Waals surface area (Å²) >= 11 is 0. The van der Waals surface area contributed by atoms with Crippen molar-refractivity contribution >= 4 is 5.69 Å². The Morgan fingerprint density at radius 3 is 1.69 bits per heavy atom. The van der Waals surface area contributed by atoms with Gasteiger partial charge < -0.3 is 0 Å². The zero-order chi connectivity index (χ0) is 10.3. The van der Waals surface area contributed by atoms with Gasteiger partial charge in [0.1, 0.15) is 5.69 Å². The summed E-state index contributed by atoms with van der Waals surface area (Å²) in [6.07, 6.45) is 0. The molecular formula is C11H17N2+. The van der Waals surface area contributed by atoms with Crippen LogP contribution in [0.5, 0.6) is 0 Å². The molecule has 1 aromatic rings. The van der Waals surface area contributed by atoms with Crippen LogP contribution >= 0.6 is 0 Å². The van der Waals surface area contributed by atoms with Gasteiger partial charge in [0.15, 0.2) is 0 Å². The molecule has 0 N–H and O–H groups in total. The van der Waals surface area contributed by atoms with Crippen LogP contribution < -0.4 is 4.48 Å². The predicted molar refractivity (Wildman–Crippen MR) is 57.3 cm³/mol. The van der Waals surface area contributed by atoms with Gasteiger partial charge in [0, 0.05) is 6.92 Å². The van der Waals surface area contributed by atoms with Crippen LogP contribution in [-0.4, -0.2) is 21.1 Å². The first kappa shape index (κ1) is 11.7. The normalized spacial score (nSPS) is 9.46. The van der Waals surface area contributed by atoms with Gasteiger partial charge in [-0.15, -0.1) is 0 Å². The third kappa shape index (κ3) is 5.00. The van der Waals surface area contributed by atoms with Gasteiger partial charge in [0.25, 0.3) is 0 Å². The van der Waals surface area contributed by atoms with E-state index in [9.17, 15) is 0 Å². The molecule has 0 radical (unpaired) electrons. The number of hydrogen-bond donors (Lipinski definition) is 0. The molecule has 0 fully saturated rings. The molecule has 0 aromatic heterocycles. The second-order valence-corrected chi connectivity index (χ2v) is 3.57. The van der Waals surface area contributed by atoms with E-state index >= 15 is 0 Å². The Kier molecular flexibility index (Phi) is 4.79. The zero-order valence-electron chi connectivity index (χ0n) is 8.78. The molecule has 2 nitrogen and oxygen atoms in total. The Bertz CT molecular complexity index is 264. The maximum Gasteiger partial charge on any atom is 0.132 e. The van der Waals surface area contributed by atoms with Crippen LogP contribution in [0.3, 0.4) is 0 Å². The molecule has 0 aliphatic rings. The second-order valence-electron chi connectivity index (χ2n) is 3.57. The Morgan fingerprint density at radius 2 is 1.46 bits per heavy atom. The van der Waals surface area contributed by atoms with E-state index in [-0.39, 0.29) is 0 Å². The molecule has 0 aliphatic carbocycles. The van der Waals surface area contributed by atoms with E-state index in [1.807, 2.05) is 6.07 Å². The van der Waals surface area contributed by atoms with Crippen LogP contribution in [0.1, 0.15) is 6.92 Å². The van der Waals surface area contributed by atoms with E-state index in [0.717, 1.165) is 4.48 Å². The van der Waals surface area contributed by atoms with Crippen LogP contribution in [0.15, 0.2) is 30.3 Å².